The van der Waals surface area contributed by atoms with Crippen LogP contribution in [0.1, 0.15) is 26.6 Å². The lowest BCUT2D eigenvalue weighted by molar-refractivity contribution is 0.0512. The quantitative estimate of drug-likeness (QED) is 0.829. The molecule has 0 aromatic carbocycles. The molecule has 0 radical (unpaired) electrons. The molecule has 2 aromatic heterocycles. The van der Waals surface area contributed by atoms with E-state index in [1.807, 2.05) is 0 Å². The second-order valence-corrected chi connectivity index (χ2v) is 4.93. The molecule has 1 aliphatic rings. The molecule has 0 spiro atoms. The Morgan fingerprint density at radius 1 is 1.14 bits per heavy atom. The maximum Gasteiger partial charge on any atom is 0.292 e. The highest BCUT2D eigenvalue weighted by Gasteiger charge is 2.27. The fourth-order valence-electron chi connectivity index (χ4n) is 2.30. The Morgan fingerprint density at radius 2 is 1.81 bits per heavy atom. The van der Waals surface area contributed by atoms with Gasteiger partial charge in [0.1, 0.15) is 6.26 Å². The van der Waals surface area contributed by atoms with Crippen LogP contribution in [0.15, 0.2) is 33.6 Å². The number of aromatic nitrogens is 1. The molecule has 3 rings (SSSR count). The minimum Gasteiger partial charge on any atom is -0.472 e. The standard InChI is InChI=1S/C14H15N3O4/c1-10-8-12(21-15-10)14(19)17-5-3-16(4-6-17)13(18)11-2-7-20-9-11/h2,7-9H,3-6H2,1H3. The fourth-order valence-corrected chi connectivity index (χ4v) is 2.30. The monoisotopic (exact) mass is 289 g/mol. The van der Waals surface area contributed by atoms with Gasteiger partial charge in [0.15, 0.2) is 0 Å². The third-order valence-corrected chi connectivity index (χ3v) is 3.46. The second-order valence-electron chi connectivity index (χ2n) is 4.93. The third-order valence-electron chi connectivity index (χ3n) is 3.46. The summed E-state index contributed by atoms with van der Waals surface area (Å²) in [6, 6.07) is 3.25. The number of carbonyl (C=O) groups excluding carboxylic acids is 2. The Bertz CT molecular complexity index is 639. The molecule has 3 heterocycles. The van der Waals surface area contributed by atoms with Gasteiger partial charge in [-0.2, -0.15) is 0 Å². The Labute approximate surface area is 121 Å². The zero-order valence-corrected chi connectivity index (χ0v) is 11.6. The van der Waals surface area contributed by atoms with Gasteiger partial charge in [0, 0.05) is 32.2 Å². The number of aryl methyl sites for hydroxylation is 1. The Hall–Kier alpha value is -2.57. The van der Waals surface area contributed by atoms with Crippen molar-refractivity contribution >= 4 is 11.8 Å². The van der Waals surface area contributed by atoms with Crippen LogP contribution in [0.2, 0.25) is 0 Å². The predicted octanol–water partition coefficient (Wildman–Crippen LogP) is 1.17. The molecule has 0 bridgehead atoms. The molecule has 7 nitrogen and oxygen atoms in total. The van der Waals surface area contributed by atoms with Crippen molar-refractivity contribution in [1.29, 1.82) is 0 Å². The number of nitrogens with zero attached hydrogens (tertiary/aromatic N) is 3. The normalized spacial score (nSPS) is 15.3. The molecule has 2 aromatic rings. The van der Waals surface area contributed by atoms with E-state index in [0.29, 0.717) is 37.4 Å². The van der Waals surface area contributed by atoms with E-state index in [-0.39, 0.29) is 17.6 Å². The minimum atomic E-state index is -0.189. The van der Waals surface area contributed by atoms with Gasteiger partial charge in [-0.05, 0) is 13.0 Å². The number of hydrogen-bond acceptors (Lipinski definition) is 5. The summed E-state index contributed by atoms with van der Waals surface area (Å²) in [5.74, 6) is -0.0283. The minimum absolute atomic E-state index is 0.0774. The third kappa shape index (κ3) is 2.67. The van der Waals surface area contributed by atoms with Crippen molar-refractivity contribution < 1.29 is 18.5 Å². The Balaban J connectivity index is 1.60. The first-order valence-corrected chi connectivity index (χ1v) is 6.69. The topological polar surface area (TPSA) is 79.8 Å². The summed E-state index contributed by atoms with van der Waals surface area (Å²) in [4.78, 5) is 27.7. The number of carbonyl (C=O) groups is 2. The average Bonchev–Trinajstić information content (AvgIpc) is 3.17. The van der Waals surface area contributed by atoms with Gasteiger partial charge in [-0.25, -0.2) is 0 Å². The summed E-state index contributed by atoms with van der Waals surface area (Å²) in [7, 11) is 0. The van der Waals surface area contributed by atoms with Crippen molar-refractivity contribution in [3.05, 3.63) is 41.7 Å². The molecule has 0 aliphatic carbocycles. The van der Waals surface area contributed by atoms with Gasteiger partial charge in [-0.15, -0.1) is 0 Å². The summed E-state index contributed by atoms with van der Waals surface area (Å²) in [5.41, 5.74) is 1.20. The van der Waals surface area contributed by atoms with Crippen LogP contribution >= 0.6 is 0 Å². The average molecular weight is 289 g/mol. The van der Waals surface area contributed by atoms with Crippen molar-refractivity contribution in [3.8, 4) is 0 Å². The van der Waals surface area contributed by atoms with Crippen molar-refractivity contribution in [2.24, 2.45) is 0 Å². The Morgan fingerprint density at radius 3 is 2.33 bits per heavy atom. The van der Waals surface area contributed by atoms with Gasteiger partial charge in [0.2, 0.25) is 5.76 Å². The summed E-state index contributed by atoms with van der Waals surface area (Å²) in [6.07, 6.45) is 2.90. The van der Waals surface area contributed by atoms with Crippen LogP contribution in [0, 0.1) is 6.92 Å². The van der Waals surface area contributed by atoms with Crippen LogP contribution in [-0.4, -0.2) is 52.9 Å². The second kappa shape index (κ2) is 5.43. The van der Waals surface area contributed by atoms with E-state index in [1.54, 1.807) is 28.9 Å². The Kier molecular flexibility index (Phi) is 3.47. The van der Waals surface area contributed by atoms with Gasteiger partial charge >= 0.3 is 0 Å². The lowest BCUT2D eigenvalue weighted by atomic mass is 10.2. The van der Waals surface area contributed by atoms with E-state index < -0.39 is 0 Å². The zero-order chi connectivity index (χ0) is 14.8. The maximum atomic E-state index is 12.2. The molecule has 0 unspecified atom stereocenters. The number of hydrogen-bond donors (Lipinski definition) is 0. The fraction of sp³-hybridized carbons (Fsp3) is 0.357. The molecule has 1 aliphatic heterocycles. The van der Waals surface area contributed by atoms with Crippen LogP contribution < -0.4 is 0 Å². The molecular weight excluding hydrogens is 274 g/mol. The van der Waals surface area contributed by atoms with E-state index in [0.717, 1.165) is 0 Å². The van der Waals surface area contributed by atoms with Gasteiger partial charge in [-0.1, -0.05) is 5.16 Å². The van der Waals surface area contributed by atoms with E-state index >= 15 is 0 Å². The van der Waals surface area contributed by atoms with Crippen molar-refractivity contribution in [3.63, 3.8) is 0 Å². The van der Waals surface area contributed by atoms with Crippen molar-refractivity contribution in [2.45, 2.75) is 6.92 Å². The predicted molar refractivity (Wildman–Crippen MR) is 71.8 cm³/mol. The molecule has 0 atom stereocenters. The lowest BCUT2D eigenvalue weighted by Crippen LogP contribution is -2.50. The van der Waals surface area contributed by atoms with Crippen molar-refractivity contribution in [2.75, 3.05) is 26.2 Å². The number of furan rings is 1. The molecule has 0 saturated carbocycles. The van der Waals surface area contributed by atoms with E-state index in [4.69, 9.17) is 8.94 Å². The zero-order valence-electron chi connectivity index (χ0n) is 11.6. The van der Waals surface area contributed by atoms with Crippen LogP contribution in [-0.2, 0) is 0 Å². The van der Waals surface area contributed by atoms with Gasteiger partial charge in [0.05, 0.1) is 17.5 Å². The summed E-state index contributed by atoms with van der Waals surface area (Å²) in [6.45, 7) is 3.69. The van der Waals surface area contributed by atoms with Gasteiger partial charge in [0.25, 0.3) is 11.8 Å². The molecule has 1 fully saturated rings. The number of rotatable bonds is 2. The highest BCUT2D eigenvalue weighted by atomic mass is 16.5. The molecule has 1 saturated heterocycles. The first-order valence-electron chi connectivity index (χ1n) is 6.69. The molecule has 21 heavy (non-hydrogen) atoms. The van der Waals surface area contributed by atoms with E-state index in [9.17, 15) is 9.59 Å². The lowest BCUT2D eigenvalue weighted by Gasteiger charge is -2.34. The highest BCUT2D eigenvalue weighted by Crippen LogP contribution is 2.12. The molecule has 110 valence electrons. The van der Waals surface area contributed by atoms with E-state index in [2.05, 4.69) is 5.16 Å². The largest absolute Gasteiger partial charge is 0.472 e. The highest BCUT2D eigenvalue weighted by molar-refractivity contribution is 5.94. The number of amides is 2. The summed E-state index contributed by atoms with van der Waals surface area (Å²) >= 11 is 0. The van der Waals surface area contributed by atoms with Gasteiger partial charge < -0.3 is 18.7 Å². The van der Waals surface area contributed by atoms with Crippen molar-refractivity contribution in [1.82, 2.24) is 15.0 Å². The van der Waals surface area contributed by atoms with Crippen LogP contribution in [0.4, 0.5) is 0 Å². The first kappa shape index (κ1) is 13.4. The summed E-state index contributed by atoms with van der Waals surface area (Å²) in [5, 5.41) is 3.71. The van der Waals surface area contributed by atoms with Crippen LogP contribution in [0.3, 0.4) is 0 Å². The molecular formula is C14H15N3O4. The van der Waals surface area contributed by atoms with E-state index in [1.165, 1.54) is 12.5 Å². The molecule has 2 amide bonds. The SMILES string of the molecule is Cc1cc(C(=O)N2CCN(C(=O)c3ccoc3)CC2)on1. The summed E-state index contributed by atoms with van der Waals surface area (Å²) < 4.78 is 9.89. The van der Waals surface area contributed by atoms with Crippen LogP contribution in [0.25, 0.3) is 0 Å². The van der Waals surface area contributed by atoms with Crippen LogP contribution in [0.5, 0.6) is 0 Å². The number of piperazine rings is 1. The molecule has 7 heteroatoms. The maximum absolute atomic E-state index is 12.2. The van der Waals surface area contributed by atoms with Gasteiger partial charge in [-0.3, -0.25) is 9.59 Å². The molecule has 0 N–H and O–H groups in total. The first-order chi connectivity index (χ1) is 10.1. The smallest absolute Gasteiger partial charge is 0.292 e.